The minimum atomic E-state index is 0.0187. The lowest BCUT2D eigenvalue weighted by molar-refractivity contribution is -0.137. The van der Waals surface area contributed by atoms with E-state index in [0.717, 1.165) is 44.0 Å². The van der Waals surface area contributed by atoms with Crippen LogP contribution in [0.3, 0.4) is 0 Å². The molecule has 0 bridgehead atoms. The quantitative estimate of drug-likeness (QED) is 0.859. The van der Waals surface area contributed by atoms with Crippen molar-refractivity contribution in [3.8, 4) is 0 Å². The molecule has 1 aliphatic rings. The largest absolute Gasteiger partial charge is 0.399 e. The van der Waals surface area contributed by atoms with Crippen LogP contribution >= 0.6 is 0 Å². The standard InChI is InChI=1S/C18H28N2O/c1-4-17(15-6-5-7-16(19)12-15)14(3)18(21)20-10-8-13(2)9-11-20/h5-7,12-14,17H,4,8-11,19H2,1-3H3. The molecule has 0 spiro atoms. The number of hydrogen-bond acceptors (Lipinski definition) is 2. The van der Waals surface area contributed by atoms with Crippen LogP contribution in [0.1, 0.15) is 51.5 Å². The van der Waals surface area contributed by atoms with E-state index in [4.69, 9.17) is 5.73 Å². The van der Waals surface area contributed by atoms with E-state index in [1.165, 1.54) is 5.56 Å². The van der Waals surface area contributed by atoms with Crippen LogP contribution in [0.2, 0.25) is 0 Å². The molecule has 1 aromatic carbocycles. The zero-order chi connectivity index (χ0) is 15.4. The van der Waals surface area contributed by atoms with Crippen molar-refractivity contribution >= 4 is 11.6 Å². The first-order chi connectivity index (χ1) is 10.0. The average molecular weight is 288 g/mol. The van der Waals surface area contributed by atoms with Gasteiger partial charge >= 0.3 is 0 Å². The number of piperidine rings is 1. The summed E-state index contributed by atoms with van der Waals surface area (Å²) < 4.78 is 0. The summed E-state index contributed by atoms with van der Waals surface area (Å²) in [5, 5.41) is 0. The van der Waals surface area contributed by atoms with Gasteiger partial charge in [-0.15, -0.1) is 0 Å². The van der Waals surface area contributed by atoms with E-state index in [0.29, 0.717) is 5.91 Å². The summed E-state index contributed by atoms with van der Waals surface area (Å²) in [5.41, 5.74) is 7.85. The van der Waals surface area contributed by atoms with Gasteiger partial charge in [0.1, 0.15) is 0 Å². The van der Waals surface area contributed by atoms with Crippen molar-refractivity contribution in [2.24, 2.45) is 11.8 Å². The van der Waals surface area contributed by atoms with Crippen LogP contribution in [0.15, 0.2) is 24.3 Å². The highest BCUT2D eigenvalue weighted by Crippen LogP contribution is 2.31. The van der Waals surface area contributed by atoms with Crippen molar-refractivity contribution < 1.29 is 4.79 Å². The number of likely N-dealkylation sites (tertiary alicyclic amines) is 1. The SMILES string of the molecule is CCC(c1cccc(N)c1)C(C)C(=O)N1CCC(C)CC1. The number of hydrogen-bond donors (Lipinski definition) is 1. The van der Waals surface area contributed by atoms with Crippen LogP contribution in [-0.2, 0) is 4.79 Å². The zero-order valence-electron chi connectivity index (χ0n) is 13.5. The van der Waals surface area contributed by atoms with Gasteiger partial charge in [0.15, 0.2) is 0 Å². The molecule has 116 valence electrons. The summed E-state index contributed by atoms with van der Waals surface area (Å²) in [4.78, 5) is 14.8. The summed E-state index contributed by atoms with van der Waals surface area (Å²) in [5.74, 6) is 1.32. The highest BCUT2D eigenvalue weighted by Gasteiger charge is 2.29. The number of amides is 1. The third kappa shape index (κ3) is 3.78. The molecule has 1 amide bonds. The van der Waals surface area contributed by atoms with E-state index < -0.39 is 0 Å². The Morgan fingerprint density at radius 3 is 2.62 bits per heavy atom. The maximum absolute atomic E-state index is 12.8. The van der Waals surface area contributed by atoms with Crippen LogP contribution in [-0.4, -0.2) is 23.9 Å². The number of nitrogens with two attached hydrogens (primary N) is 1. The van der Waals surface area contributed by atoms with Gasteiger partial charge in [-0.25, -0.2) is 0 Å². The van der Waals surface area contributed by atoms with E-state index in [1.54, 1.807) is 0 Å². The van der Waals surface area contributed by atoms with Crippen molar-refractivity contribution in [1.29, 1.82) is 0 Å². The maximum Gasteiger partial charge on any atom is 0.226 e. The van der Waals surface area contributed by atoms with Crippen molar-refractivity contribution in [1.82, 2.24) is 4.90 Å². The molecule has 0 saturated carbocycles. The molecule has 1 aliphatic heterocycles. The highest BCUT2D eigenvalue weighted by molar-refractivity contribution is 5.79. The van der Waals surface area contributed by atoms with E-state index in [-0.39, 0.29) is 11.8 Å². The molecule has 3 nitrogen and oxygen atoms in total. The Morgan fingerprint density at radius 1 is 1.38 bits per heavy atom. The van der Waals surface area contributed by atoms with Gasteiger partial charge in [-0.2, -0.15) is 0 Å². The fourth-order valence-corrected chi connectivity index (χ4v) is 3.36. The molecule has 2 N–H and O–H groups in total. The Morgan fingerprint density at radius 2 is 2.05 bits per heavy atom. The predicted molar refractivity (Wildman–Crippen MR) is 88.0 cm³/mol. The Kier molecular flexibility index (Phi) is 5.27. The van der Waals surface area contributed by atoms with Crippen molar-refractivity contribution in [2.75, 3.05) is 18.8 Å². The van der Waals surface area contributed by atoms with Crippen LogP contribution < -0.4 is 5.73 Å². The first-order valence-electron chi connectivity index (χ1n) is 8.17. The van der Waals surface area contributed by atoms with Gasteiger partial charge in [-0.1, -0.05) is 32.9 Å². The second-order valence-corrected chi connectivity index (χ2v) is 6.48. The van der Waals surface area contributed by atoms with Gasteiger partial charge in [-0.3, -0.25) is 4.79 Å². The molecule has 0 radical (unpaired) electrons. The summed E-state index contributed by atoms with van der Waals surface area (Å²) in [6, 6.07) is 7.98. The van der Waals surface area contributed by atoms with Gasteiger partial charge in [0.2, 0.25) is 5.91 Å². The molecule has 21 heavy (non-hydrogen) atoms. The highest BCUT2D eigenvalue weighted by atomic mass is 16.2. The second-order valence-electron chi connectivity index (χ2n) is 6.48. The van der Waals surface area contributed by atoms with Crippen molar-refractivity contribution in [2.45, 2.75) is 46.0 Å². The summed E-state index contributed by atoms with van der Waals surface area (Å²) in [7, 11) is 0. The third-order valence-electron chi connectivity index (χ3n) is 4.87. The molecule has 2 unspecified atom stereocenters. The van der Waals surface area contributed by atoms with Gasteiger partial charge < -0.3 is 10.6 Å². The van der Waals surface area contributed by atoms with E-state index in [9.17, 15) is 4.79 Å². The number of carbonyl (C=O) groups is 1. The number of nitrogens with zero attached hydrogens (tertiary/aromatic N) is 1. The number of carbonyl (C=O) groups excluding carboxylic acids is 1. The van der Waals surface area contributed by atoms with E-state index >= 15 is 0 Å². The summed E-state index contributed by atoms with van der Waals surface area (Å²) in [6.45, 7) is 8.32. The molecule has 1 fully saturated rings. The van der Waals surface area contributed by atoms with Crippen molar-refractivity contribution in [3.63, 3.8) is 0 Å². The molecular formula is C18H28N2O. The smallest absolute Gasteiger partial charge is 0.226 e. The molecule has 2 atom stereocenters. The molecule has 1 aromatic rings. The normalized spacial score (nSPS) is 19.3. The zero-order valence-corrected chi connectivity index (χ0v) is 13.5. The van der Waals surface area contributed by atoms with Crippen LogP contribution in [0, 0.1) is 11.8 Å². The van der Waals surface area contributed by atoms with Crippen molar-refractivity contribution in [3.05, 3.63) is 29.8 Å². The molecule has 3 heteroatoms. The molecule has 0 aliphatic carbocycles. The maximum atomic E-state index is 12.8. The van der Waals surface area contributed by atoms with Crippen LogP contribution in [0.25, 0.3) is 0 Å². The number of rotatable bonds is 4. The lowest BCUT2D eigenvalue weighted by Gasteiger charge is -2.34. The first-order valence-corrected chi connectivity index (χ1v) is 8.17. The van der Waals surface area contributed by atoms with Gasteiger partial charge in [-0.05, 0) is 48.8 Å². The average Bonchev–Trinajstić information content (AvgIpc) is 2.48. The second kappa shape index (κ2) is 6.97. The summed E-state index contributed by atoms with van der Waals surface area (Å²) in [6.07, 6.45) is 3.22. The number of nitrogen functional groups attached to an aromatic ring is 1. The lowest BCUT2D eigenvalue weighted by atomic mass is 9.83. The minimum Gasteiger partial charge on any atom is -0.399 e. The Hall–Kier alpha value is -1.51. The fourth-order valence-electron chi connectivity index (χ4n) is 3.36. The minimum absolute atomic E-state index is 0.0187. The number of benzene rings is 1. The topological polar surface area (TPSA) is 46.3 Å². The molecule has 1 saturated heterocycles. The Bertz CT molecular complexity index is 478. The third-order valence-corrected chi connectivity index (χ3v) is 4.87. The first kappa shape index (κ1) is 15.9. The molecule has 2 rings (SSSR count). The van der Waals surface area contributed by atoms with Gasteiger partial charge in [0, 0.05) is 24.7 Å². The Balaban J connectivity index is 2.09. The van der Waals surface area contributed by atoms with Gasteiger partial charge in [0.05, 0.1) is 0 Å². The summed E-state index contributed by atoms with van der Waals surface area (Å²) >= 11 is 0. The predicted octanol–water partition coefficient (Wildman–Crippen LogP) is 3.66. The molecular weight excluding hydrogens is 260 g/mol. The molecule has 1 heterocycles. The number of anilines is 1. The lowest BCUT2D eigenvalue weighted by Crippen LogP contribution is -2.42. The fraction of sp³-hybridized carbons (Fsp3) is 0.611. The van der Waals surface area contributed by atoms with E-state index in [1.807, 2.05) is 18.2 Å². The van der Waals surface area contributed by atoms with Crippen LogP contribution in [0.4, 0.5) is 5.69 Å². The monoisotopic (exact) mass is 288 g/mol. The molecule has 0 aromatic heterocycles. The van der Waals surface area contributed by atoms with Gasteiger partial charge in [0.25, 0.3) is 0 Å². The van der Waals surface area contributed by atoms with Crippen LogP contribution in [0.5, 0.6) is 0 Å². The Labute approximate surface area is 128 Å². The van der Waals surface area contributed by atoms with E-state index in [2.05, 4.69) is 31.7 Å².